The SMILES string of the molecule is O=C(c1cnccn1)N1CCC(c2nc3ccccc3o2)CC1. The largest absolute Gasteiger partial charge is 0.440 e. The van der Waals surface area contributed by atoms with E-state index in [0.29, 0.717) is 18.8 Å². The summed E-state index contributed by atoms with van der Waals surface area (Å²) in [6, 6.07) is 7.78. The fourth-order valence-electron chi connectivity index (χ4n) is 2.97. The highest BCUT2D eigenvalue weighted by Crippen LogP contribution is 2.30. The molecule has 0 radical (unpaired) electrons. The molecule has 6 nitrogen and oxygen atoms in total. The number of carbonyl (C=O) groups excluding carboxylic acids is 1. The van der Waals surface area contributed by atoms with Gasteiger partial charge in [0, 0.05) is 31.4 Å². The zero-order valence-corrected chi connectivity index (χ0v) is 12.6. The third kappa shape index (κ3) is 2.67. The molecule has 0 spiro atoms. The lowest BCUT2D eigenvalue weighted by Crippen LogP contribution is -2.38. The smallest absolute Gasteiger partial charge is 0.274 e. The summed E-state index contributed by atoms with van der Waals surface area (Å²) in [7, 11) is 0. The number of nitrogens with zero attached hydrogens (tertiary/aromatic N) is 4. The van der Waals surface area contributed by atoms with Gasteiger partial charge in [0.2, 0.25) is 0 Å². The number of fused-ring (bicyclic) bond motifs is 1. The van der Waals surface area contributed by atoms with Crippen LogP contribution in [0.1, 0.15) is 35.1 Å². The number of rotatable bonds is 2. The fourth-order valence-corrected chi connectivity index (χ4v) is 2.97. The van der Waals surface area contributed by atoms with Gasteiger partial charge < -0.3 is 9.32 Å². The van der Waals surface area contributed by atoms with Gasteiger partial charge >= 0.3 is 0 Å². The van der Waals surface area contributed by atoms with Gasteiger partial charge in [0.05, 0.1) is 6.20 Å². The van der Waals surface area contributed by atoms with E-state index in [1.807, 2.05) is 29.2 Å². The number of benzene rings is 1. The molecular weight excluding hydrogens is 292 g/mol. The zero-order valence-electron chi connectivity index (χ0n) is 12.6. The molecule has 3 aromatic rings. The van der Waals surface area contributed by atoms with Crippen LogP contribution in [0.2, 0.25) is 0 Å². The summed E-state index contributed by atoms with van der Waals surface area (Å²) in [6.45, 7) is 1.36. The molecule has 0 aliphatic carbocycles. The maximum Gasteiger partial charge on any atom is 0.274 e. The minimum absolute atomic E-state index is 0.0610. The maximum atomic E-state index is 12.4. The number of piperidine rings is 1. The molecule has 0 unspecified atom stereocenters. The summed E-state index contributed by atoms with van der Waals surface area (Å²) >= 11 is 0. The molecule has 1 aliphatic rings. The Hall–Kier alpha value is -2.76. The summed E-state index contributed by atoms with van der Waals surface area (Å²) in [4.78, 5) is 26.8. The Bertz CT molecular complexity index is 790. The molecule has 1 fully saturated rings. The first-order chi connectivity index (χ1) is 11.3. The van der Waals surface area contributed by atoms with Gasteiger partial charge in [0.1, 0.15) is 11.2 Å². The number of likely N-dealkylation sites (tertiary alicyclic amines) is 1. The molecule has 1 aliphatic heterocycles. The first-order valence-corrected chi connectivity index (χ1v) is 7.72. The highest BCUT2D eigenvalue weighted by atomic mass is 16.3. The second-order valence-corrected chi connectivity index (χ2v) is 5.68. The van der Waals surface area contributed by atoms with Crippen molar-refractivity contribution in [3.05, 3.63) is 54.4 Å². The van der Waals surface area contributed by atoms with Crippen molar-refractivity contribution in [1.82, 2.24) is 19.9 Å². The van der Waals surface area contributed by atoms with Crippen molar-refractivity contribution in [2.45, 2.75) is 18.8 Å². The van der Waals surface area contributed by atoms with Crippen LogP contribution in [0.4, 0.5) is 0 Å². The van der Waals surface area contributed by atoms with E-state index in [2.05, 4.69) is 15.0 Å². The Kier molecular flexibility index (Phi) is 3.49. The van der Waals surface area contributed by atoms with Gasteiger partial charge in [-0.1, -0.05) is 12.1 Å². The average Bonchev–Trinajstić information content (AvgIpc) is 3.06. The summed E-state index contributed by atoms with van der Waals surface area (Å²) in [6.07, 6.45) is 6.31. The van der Waals surface area contributed by atoms with Crippen molar-refractivity contribution in [2.75, 3.05) is 13.1 Å². The summed E-state index contributed by atoms with van der Waals surface area (Å²) in [5, 5.41) is 0. The van der Waals surface area contributed by atoms with Gasteiger partial charge in [0.25, 0.3) is 5.91 Å². The number of hydrogen-bond donors (Lipinski definition) is 0. The minimum Gasteiger partial charge on any atom is -0.440 e. The van der Waals surface area contributed by atoms with Crippen LogP contribution in [-0.2, 0) is 0 Å². The summed E-state index contributed by atoms with van der Waals surface area (Å²) in [5.74, 6) is 0.972. The predicted octanol–water partition coefficient (Wildman–Crippen LogP) is 2.64. The highest BCUT2D eigenvalue weighted by molar-refractivity contribution is 5.92. The normalized spacial score (nSPS) is 15.9. The molecule has 6 heteroatoms. The predicted molar refractivity (Wildman–Crippen MR) is 83.9 cm³/mol. The van der Waals surface area contributed by atoms with E-state index >= 15 is 0 Å². The molecule has 0 bridgehead atoms. The van der Waals surface area contributed by atoms with Crippen molar-refractivity contribution >= 4 is 17.0 Å². The van der Waals surface area contributed by atoms with Gasteiger partial charge in [-0.15, -0.1) is 0 Å². The number of aromatic nitrogens is 3. The van der Waals surface area contributed by atoms with Crippen LogP contribution < -0.4 is 0 Å². The second-order valence-electron chi connectivity index (χ2n) is 5.68. The first kappa shape index (κ1) is 13.9. The van der Waals surface area contributed by atoms with Crippen LogP contribution in [0, 0.1) is 0 Å². The number of carbonyl (C=O) groups is 1. The van der Waals surface area contributed by atoms with Crippen molar-refractivity contribution < 1.29 is 9.21 Å². The van der Waals surface area contributed by atoms with Gasteiger partial charge in [-0.3, -0.25) is 9.78 Å². The van der Waals surface area contributed by atoms with Crippen LogP contribution in [0.25, 0.3) is 11.1 Å². The Labute approximate surface area is 133 Å². The van der Waals surface area contributed by atoms with Crippen molar-refractivity contribution in [2.24, 2.45) is 0 Å². The monoisotopic (exact) mass is 308 g/mol. The number of amides is 1. The molecule has 116 valence electrons. The molecule has 0 atom stereocenters. The van der Waals surface area contributed by atoms with E-state index in [1.165, 1.54) is 12.4 Å². The van der Waals surface area contributed by atoms with Gasteiger partial charge in [0.15, 0.2) is 11.5 Å². The van der Waals surface area contributed by atoms with E-state index < -0.39 is 0 Å². The minimum atomic E-state index is -0.0610. The lowest BCUT2D eigenvalue weighted by atomic mass is 9.96. The highest BCUT2D eigenvalue weighted by Gasteiger charge is 2.28. The number of oxazole rings is 1. The Morgan fingerprint density at radius 2 is 2.00 bits per heavy atom. The Morgan fingerprint density at radius 3 is 2.74 bits per heavy atom. The molecule has 1 amide bonds. The molecule has 2 aromatic heterocycles. The molecule has 3 heterocycles. The fraction of sp³-hybridized carbons (Fsp3) is 0.294. The molecule has 0 N–H and O–H groups in total. The molecular formula is C17H16N4O2. The summed E-state index contributed by atoms with van der Waals surface area (Å²) < 4.78 is 5.85. The van der Waals surface area contributed by atoms with Gasteiger partial charge in [-0.05, 0) is 25.0 Å². The van der Waals surface area contributed by atoms with Crippen LogP contribution in [0.15, 0.2) is 47.3 Å². The van der Waals surface area contributed by atoms with E-state index in [-0.39, 0.29) is 11.8 Å². The topological polar surface area (TPSA) is 72.1 Å². The molecule has 4 rings (SSSR count). The summed E-state index contributed by atoms with van der Waals surface area (Å²) in [5.41, 5.74) is 2.11. The van der Waals surface area contributed by atoms with Crippen molar-refractivity contribution in [3.63, 3.8) is 0 Å². The van der Waals surface area contributed by atoms with E-state index in [9.17, 15) is 4.79 Å². The zero-order chi connectivity index (χ0) is 15.6. The molecule has 23 heavy (non-hydrogen) atoms. The van der Waals surface area contributed by atoms with Gasteiger partial charge in [-0.25, -0.2) is 9.97 Å². The standard InChI is InChI=1S/C17H16N4O2/c22-17(14-11-18-7-8-19-14)21-9-5-12(6-10-21)16-20-13-3-1-2-4-15(13)23-16/h1-4,7-8,11-12H,5-6,9-10H2. The molecule has 1 aromatic carbocycles. The Balaban J connectivity index is 1.45. The van der Waals surface area contributed by atoms with Crippen molar-refractivity contribution in [3.8, 4) is 0 Å². The van der Waals surface area contributed by atoms with Crippen molar-refractivity contribution in [1.29, 1.82) is 0 Å². The maximum absolute atomic E-state index is 12.4. The molecule has 1 saturated heterocycles. The second kappa shape index (κ2) is 5.79. The third-order valence-corrected chi connectivity index (χ3v) is 4.22. The van der Waals surface area contributed by atoms with E-state index in [4.69, 9.17) is 4.42 Å². The number of hydrogen-bond acceptors (Lipinski definition) is 5. The lowest BCUT2D eigenvalue weighted by Gasteiger charge is -2.30. The quantitative estimate of drug-likeness (QED) is 0.727. The van der Waals surface area contributed by atoms with Crippen LogP contribution >= 0.6 is 0 Å². The van der Waals surface area contributed by atoms with E-state index in [0.717, 1.165) is 29.8 Å². The van der Waals surface area contributed by atoms with Gasteiger partial charge in [-0.2, -0.15) is 0 Å². The Morgan fingerprint density at radius 1 is 1.17 bits per heavy atom. The van der Waals surface area contributed by atoms with Crippen LogP contribution in [-0.4, -0.2) is 38.8 Å². The first-order valence-electron chi connectivity index (χ1n) is 7.72. The number of para-hydroxylation sites is 2. The third-order valence-electron chi connectivity index (χ3n) is 4.22. The van der Waals surface area contributed by atoms with Crippen LogP contribution in [0.3, 0.4) is 0 Å². The van der Waals surface area contributed by atoms with E-state index in [1.54, 1.807) is 6.20 Å². The molecule has 0 saturated carbocycles. The van der Waals surface area contributed by atoms with Crippen LogP contribution in [0.5, 0.6) is 0 Å². The average molecular weight is 308 g/mol. The lowest BCUT2D eigenvalue weighted by molar-refractivity contribution is 0.0700.